The van der Waals surface area contributed by atoms with Gasteiger partial charge in [-0.25, -0.2) is 4.98 Å². The van der Waals surface area contributed by atoms with Gasteiger partial charge in [0.05, 0.1) is 18.3 Å². The van der Waals surface area contributed by atoms with E-state index in [0.29, 0.717) is 31.3 Å². The van der Waals surface area contributed by atoms with Crippen LogP contribution in [0.4, 0.5) is 5.82 Å². The lowest BCUT2D eigenvalue weighted by molar-refractivity contribution is 0.154. The molecule has 1 saturated heterocycles. The Bertz CT molecular complexity index is 616. The second-order valence-electron chi connectivity index (χ2n) is 5.38. The molecular weight excluding hydrogens is 284 g/mol. The Balaban J connectivity index is 1.86. The zero-order valence-corrected chi connectivity index (χ0v) is 12.6. The van der Waals surface area contributed by atoms with Crippen LogP contribution in [-0.2, 0) is 11.2 Å². The number of hydrogen-bond acceptors (Lipinski definition) is 7. The molecule has 1 aliphatic rings. The fourth-order valence-electron chi connectivity index (χ4n) is 2.62. The first-order valence-corrected chi connectivity index (χ1v) is 7.48. The Morgan fingerprint density at radius 2 is 2.41 bits per heavy atom. The molecule has 0 aliphatic carbocycles. The Kier molecular flexibility index (Phi) is 4.65. The monoisotopic (exact) mass is 304 g/mol. The molecule has 3 heterocycles. The fourth-order valence-corrected chi connectivity index (χ4v) is 2.62. The third-order valence-corrected chi connectivity index (χ3v) is 3.71. The molecule has 1 unspecified atom stereocenters. The fraction of sp³-hybridized carbons (Fsp3) is 0.533. The first-order valence-electron chi connectivity index (χ1n) is 7.48. The maximum atomic E-state index is 9.87. The number of rotatable bonds is 5. The van der Waals surface area contributed by atoms with Crippen LogP contribution in [0.15, 0.2) is 22.9 Å². The van der Waals surface area contributed by atoms with E-state index in [9.17, 15) is 5.11 Å². The lowest BCUT2D eigenvalue weighted by atomic mass is 10.1. The van der Waals surface area contributed by atoms with Gasteiger partial charge in [0, 0.05) is 32.8 Å². The van der Waals surface area contributed by atoms with Crippen LogP contribution in [0.1, 0.15) is 18.7 Å². The SMILES string of the molecule is COCCc1noc(-c2cccnc2N2CCCC(O)C2)n1. The van der Waals surface area contributed by atoms with E-state index >= 15 is 0 Å². The van der Waals surface area contributed by atoms with E-state index < -0.39 is 0 Å². The lowest BCUT2D eigenvalue weighted by Gasteiger charge is -2.31. The van der Waals surface area contributed by atoms with E-state index in [2.05, 4.69) is 20.0 Å². The van der Waals surface area contributed by atoms with Crippen molar-refractivity contribution in [1.82, 2.24) is 15.1 Å². The highest BCUT2D eigenvalue weighted by molar-refractivity contribution is 5.69. The number of β-amino-alcohol motifs (C(OH)–C–C–N with tert-alkyl or cyclic N) is 1. The number of aliphatic hydroxyl groups excluding tert-OH is 1. The molecule has 7 heteroatoms. The average Bonchev–Trinajstić information content (AvgIpc) is 3.02. The van der Waals surface area contributed by atoms with Gasteiger partial charge in [-0.1, -0.05) is 5.16 Å². The summed E-state index contributed by atoms with van der Waals surface area (Å²) < 4.78 is 10.4. The van der Waals surface area contributed by atoms with Gasteiger partial charge in [-0.3, -0.25) is 0 Å². The molecule has 3 rings (SSSR count). The minimum Gasteiger partial charge on any atom is -0.391 e. The maximum Gasteiger partial charge on any atom is 0.261 e. The van der Waals surface area contributed by atoms with Crippen LogP contribution >= 0.6 is 0 Å². The normalized spacial score (nSPS) is 18.6. The summed E-state index contributed by atoms with van der Waals surface area (Å²) in [5, 5.41) is 13.8. The summed E-state index contributed by atoms with van der Waals surface area (Å²) in [6.45, 7) is 2.00. The summed E-state index contributed by atoms with van der Waals surface area (Å²) in [5.74, 6) is 1.85. The Labute approximate surface area is 128 Å². The van der Waals surface area contributed by atoms with Gasteiger partial charge in [0.1, 0.15) is 5.82 Å². The predicted octanol–water partition coefficient (Wildman–Crippen LogP) is 1.28. The largest absolute Gasteiger partial charge is 0.391 e. The number of aromatic nitrogens is 3. The summed E-state index contributed by atoms with van der Waals surface area (Å²) in [4.78, 5) is 10.9. The molecule has 7 nitrogen and oxygen atoms in total. The van der Waals surface area contributed by atoms with Crippen LogP contribution in [-0.4, -0.2) is 53.1 Å². The first-order chi connectivity index (χ1) is 10.8. The van der Waals surface area contributed by atoms with Crippen molar-refractivity contribution in [1.29, 1.82) is 0 Å². The van der Waals surface area contributed by atoms with Crippen molar-refractivity contribution in [2.24, 2.45) is 0 Å². The first kappa shape index (κ1) is 14.9. The number of pyridine rings is 1. The molecule has 0 saturated carbocycles. The van der Waals surface area contributed by atoms with Crippen molar-refractivity contribution in [3.8, 4) is 11.5 Å². The number of ether oxygens (including phenoxy) is 1. The van der Waals surface area contributed by atoms with Crippen LogP contribution < -0.4 is 4.90 Å². The molecule has 0 amide bonds. The standard InChI is InChI=1S/C15H20N4O3/c1-21-9-6-13-17-15(22-18-13)12-5-2-7-16-14(12)19-8-3-4-11(20)10-19/h2,5,7,11,20H,3-4,6,8-10H2,1H3. The van der Waals surface area contributed by atoms with Gasteiger partial charge in [0.2, 0.25) is 0 Å². The molecule has 118 valence electrons. The summed E-state index contributed by atoms with van der Waals surface area (Å²) >= 11 is 0. The second-order valence-corrected chi connectivity index (χ2v) is 5.38. The van der Waals surface area contributed by atoms with Crippen LogP contribution in [0, 0.1) is 0 Å². The summed E-state index contributed by atoms with van der Waals surface area (Å²) in [5.41, 5.74) is 0.799. The van der Waals surface area contributed by atoms with Crippen LogP contribution in [0.3, 0.4) is 0 Å². The van der Waals surface area contributed by atoms with Crippen LogP contribution in [0.25, 0.3) is 11.5 Å². The molecule has 0 spiro atoms. The van der Waals surface area contributed by atoms with Crippen molar-refractivity contribution in [3.05, 3.63) is 24.2 Å². The smallest absolute Gasteiger partial charge is 0.261 e. The number of piperidine rings is 1. The number of hydrogen-bond donors (Lipinski definition) is 1. The molecule has 22 heavy (non-hydrogen) atoms. The summed E-state index contributed by atoms with van der Waals surface area (Å²) in [6, 6.07) is 3.76. The van der Waals surface area contributed by atoms with Crippen LogP contribution in [0.2, 0.25) is 0 Å². The van der Waals surface area contributed by atoms with E-state index in [4.69, 9.17) is 9.26 Å². The van der Waals surface area contributed by atoms with Gasteiger partial charge >= 0.3 is 0 Å². The molecule has 0 aromatic carbocycles. The lowest BCUT2D eigenvalue weighted by Crippen LogP contribution is -2.39. The van der Waals surface area contributed by atoms with Gasteiger partial charge in [-0.05, 0) is 25.0 Å². The van der Waals surface area contributed by atoms with Gasteiger partial charge in [0.15, 0.2) is 5.82 Å². The van der Waals surface area contributed by atoms with E-state index in [0.717, 1.165) is 30.8 Å². The third-order valence-electron chi connectivity index (χ3n) is 3.71. The molecule has 1 N–H and O–H groups in total. The Morgan fingerprint density at radius 3 is 3.23 bits per heavy atom. The molecule has 2 aromatic rings. The zero-order chi connectivity index (χ0) is 15.4. The predicted molar refractivity (Wildman–Crippen MR) is 80.6 cm³/mol. The van der Waals surface area contributed by atoms with E-state index in [1.54, 1.807) is 13.3 Å². The van der Waals surface area contributed by atoms with Gasteiger partial charge in [-0.15, -0.1) is 0 Å². The molecular formula is C15H20N4O3. The van der Waals surface area contributed by atoms with Crippen molar-refractivity contribution in [3.63, 3.8) is 0 Å². The molecule has 0 bridgehead atoms. The summed E-state index contributed by atoms with van der Waals surface area (Å²) in [6.07, 6.45) is 3.81. The molecule has 1 aliphatic heterocycles. The zero-order valence-electron chi connectivity index (χ0n) is 12.6. The Hall–Kier alpha value is -1.99. The average molecular weight is 304 g/mol. The van der Waals surface area contributed by atoms with Gasteiger partial charge in [0.25, 0.3) is 5.89 Å². The number of anilines is 1. The Morgan fingerprint density at radius 1 is 1.50 bits per heavy atom. The number of nitrogens with zero attached hydrogens (tertiary/aromatic N) is 4. The highest BCUT2D eigenvalue weighted by atomic mass is 16.5. The maximum absolute atomic E-state index is 9.87. The highest BCUT2D eigenvalue weighted by Gasteiger charge is 2.23. The minimum atomic E-state index is -0.316. The highest BCUT2D eigenvalue weighted by Crippen LogP contribution is 2.29. The van der Waals surface area contributed by atoms with Crippen molar-refractivity contribution in [2.75, 3.05) is 31.7 Å². The quantitative estimate of drug-likeness (QED) is 0.890. The van der Waals surface area contributed by atoms with Crippen molar-refractivity contribution in [2.45, 2.75) is 25.4 Å². The van der Waals surface area contributed by atoms with Gasteiger partial charge < -0.3 is 19.3 Å². The van der Waals surface area contributed by atoms with E-state index in [1.165, 1.54) is 0 Å². The number of aliphatic hydroxyl groups is 1. The third kappa shape index (κ3) is 3.26. The second kappa shape index (κ2) is 6.85. The van der Waals surface area contributed by atoms with Crippen molar-refractivity contribution < 1.29 is 14.4 Å². The van der Waals surface area contributed by atoms with E-state index in [-0.39, 0.29) is 6.10 Å². The molecule has 2 aromatic heterocycles. The molecule has 0 radical (unpaired) electrons. The van der Waals surface area contributed by atoms with Crippen LogP contribution in [0.5, 0.6) is 0 Å². The van der Waals surface area contributed by atoms with E-state index in [1.807, 2.05) is 12.1 Å². The summed E-state index contributed by atoms with van der Waals surface area (Å²) in [7, 11) is 1.64. The number of methoxy groups -OCH3 is 1. The molecule has 1 atom stereocenters. The molecule has 1 fully saturated rings. The van der Waals surface area contributed by atoms with Crippen molar-refractivity contribution >= 4 is 5.82 Å². The van der Waals surface area contributed by atoms with Gasteiger partial charge in [-0.2, -0.15) is 4.98 Å². The topological polar surface area (TPSA) is 84.5 Å². The minimum absolute atomic E-state index is 0.316.